The van der Waals surface area contributed by atoms with Crippen LogP contribution in [0.5, 0.6) is 5.75 Å². The molecule has 0 saturated heterocycles. The lowest BCUT2D eigenvalue weighted by Gasteiger charge is -2.13. The predicted molar refractivity (Wildman–Crippen MR) is 290 cm³/mol. The number of rotatable bonds is 20. The van der Waals surface area contributed by atoms with Crippen molar-refractivity contribution in [1.29, 1.82) is 0 Å². The lowest BCUT2D eigenvalue weighted by Crippen LogP contribution is -2.14. The monoisotopic (exact) mass is 1390 g/mol. The number of fused-ring (bicyclic) bond motifs is 1. The van der Waals surface area contributed by atoms with Gasteiger partial charge in [-0.15, -0.1) is 0 Å². The second-order valence-corrected chi connectivity index (χ2v) is 18.9. The molecule has 1 aromatic heterocycles. The molecule has 0 aliphatic heterocycles. The summed E-state index contributed by atoms with van der Waals surface area (Å²) >= 11 is 18.0. The molecular weight excluding hydrogens is 1340 g/mol. The number of esters is 2. The largest absolute Gasteiger partial charge is 0.481 e. The molecule has 4 rings (SSSR count). The highest BCUT2D eigenvalue weighted by molar-refractivity contribution is 14.1. The Kier molecular flexibility index (Phi) is 42.1. The molecule has 3 N–H and O–H groups in total. The average Bonchev–Trinajstić information content (AvgIpc) is 3.31. The number of carboxylic acids is 2. The molecule has 0 bridgehead atoms. The zero-order valence-corrected chi connectivity index (χ0v) is 48.3. The summed E-state index contributed by atoms with van der Waals surface area (Å²) in [6, 6.07) is 21.6. The van der Waals surface area contributed by atoms with Gasteiger partial charge in [-0.1, -0.05) is 196 Å². The van der Waals surface area contributed by atoms with E-state index in [0.29, 0.717) is 35.0 Å². The van der Waals surface area contributed by atoms with Gasteiger partial charge < -0.3 is 29.2 Å². The highest BCUT2D eigenvalue weighted by Gasteiger charge is 2.38. The third-order valence-corrected chi connectivity index (χ3v) is 13.1. The van der Waals surface area contributed by atoms with E-state index in [1.807, 2.05) is 24.3 Å². The Morgan fingerprint density at radius 2 is 1.34 bits per heavy atom. The second kappa shape index (κ2) is 42.3. The number of carbonyl (C=O) groups excluding carboxylic acids is 2. The number of methoxy groups -OCH3 is 1. The van der Waals surface area contributed by atoms with Crippen molar-refractivity contribution in [2.45, 2.75) is 106 Å². The second-order valence-electron chi connectivity index (χ2n) is 14.3. The van der Waals surface area contributed by atoms with Crippen LogP contribution in [0.2, 0.25) is 0 Å². The van der Waals surface area contributed by atoms with Crippen molar-refractivity contribution in [3.8, 4) is 5.75 Å². The van der Waals surface area contributed by atoms with Crippen LogP contribution in [0.1, 0.15) is 105 Å². The zero-order chi connectivity index (χ0) is 51.9. The summed E-state index contributed by atoms with van der Waals surface area (Å²) in [6.07, 6.45) is 6.64. The van der Waals surface area contributed by atoms with Crippen molar-refractivity contribution >= 4 is 137 Å². The lowest BCUT2D eigenvalue weighted by atomic mass is 10.1. The Morgan fingerprint density at radius 1 is 0.765 bits per heavy atom. The average molecular weight is 1400 g/mol. The highest BCUT2D eigenvalue weighted by atomic mass is 127. The first-order valence-corrected chi connectivity index (χ1v) is 28.2. The number of aliphatic hydroxyl groups is 1. The number of carboxylic acid groups (broad SMARTS) is 2. The van der Waals surface area contributed by atoms with Crippen LogP contribution < -0.4 is 10.4 Å². The van der Waals surface area contributed by atoms with E-state index in [0.717, 1.165) is 62.8 Å². The summed E-state index contributed by atoms with van der Waals surface area (Å²) in [5.41, 5.74) is 3.05. The number of halogens is 9. The van der Waals surface area contributed by atoms with E-state index in [1.165, 1.54) is 70.4 Å². The number of hydrogen-bond acceptors (Lipinski definition) is 9. The van der Waals surface area contributed by atoms with Crippen molar-refractivity contribution in [2.24, 2.45) is 5.92 Å². The van der Waals surface area contributed by atoms with Crippen LogP contribution in [-0.2, 0) is 41.0 Å². The van der Waals surface area contributed by atoms with Gasteiger partial charge in [-0.25, -0.2) is 4.79 Å². The summed E-state index contributed by atoms with van der Waals surface area (Å²) in [5, 5.41) is 29.1. The number of benzene rings is 3. The van der Waals surface area contributed by atoms with Crippen LogP contribution in [0.25, 0.3) is 11.0 Å². The molecule has 20 heteroatoms. The van der Waals surface area contributed by atoms with Crippen LogP contribution in [0.3, 0.4) is 0 Å². The minimum atomic E-state index is -4.22. The Hall–Kier alpha value is -2.37. The zero-order valence-electron chi connectivity index (χ0n) is 38.2. The Bertz CT molecular complexity index is 2020. The maximum Gasteiger partial charge on any atom is 0.405 e. The topological polar surface area (TPSA) is 178 Å². The van der Waals surface area contributed by atoms with Gasteiger partial charge in [-0.2, -0.15) is 13.2 Å². The Morgan fingerprint density at radius 3 is 1.79 bits per heavy atom. The maximum absolute atomic E-state index is 12.1. The minimum Gasteiger partial charge on any atom is -0.481 e. The van der Waals surface area contributed by atoms with Crippen molar-refractivity contribution in [3.63, 3.8) is 0 Å². The van der Waals surface area contributed by atoms with Gasteiger partial charge in [0.15, 0.2) is 0 Å². The van der Waals surface area contributed by atoms with Gasteiger partial charge >= 0.3 is 35.7 Å². The molecule has 0 spiro atoms. The fourth-order valence-corrected chi connectivity index (χ4v) is 7.35. The van der Waals surface area contributed by atoms with Crippen molar-refractivity contribution in [1.82, 2.24) is 0 Å². The molecule has 382 valence electrons. The molecule has 0 radical (unpaired) electrons. The van der Waals surface area contributed by atoms with Gasteiger partial charge in [0.05, 0.1) is 19.4 Å². The van der Waals surface area contributed by atoms with E-state index in [4.69, 9.17) is 24.5 Å². The molecule has 0 fully saturated rings. The smallest absolute Gasteiger partial charge is 0.405 e. The van der Waals surface area contributed by atoms with Gasteiger partial charge in [-0.3, -0.25) is 19.2 Å². The number of alkyl halides is 9. The molecule has 0 saturated carbocycles. The SMILES string of the molecule is CC(=O)Oc1ccc2c(CBr)cc(=O)oc2c1.COC(=O)[C@@H](C)CBr.FC(F)(F)C(Br)c1ccccc1.O=C(O)CCCCCI.O=C(O)Cc1ccc(CBr)cc1.OCCCCCCCCBr. The molecular formula is C48H61Br5F3IO11. The molecule has 0 amide bonds. The third-order valence-electron chi connectivity index (χ3n) is 8.52. The van der Waals surface area contributed by atoms with Gasteiger partial charge in [0.2, 0.25) is 0 Å². The van der Waals surface area contributed by atoms with Gasteiger partial charge in [0.1, 0.15) is 16.2 Å². The van der Waals surface area contributed by atoms with Crippen molar-refractivity contribution in [2.75, 3.05) is 28.8 Å². The molecule has 2 atom stereocenters. The molecule has 0 aliphatic carbocycles. The number of carbonyl (C=O) groups is 4. The number of aliphatic hydroxyl groups excluding tert-OH is 1. The van der Waals surface area contributed by atoms with E-state index < -0.39 is 34.5 Å². The Balaban J connectivity index is 0. The van der Waals surface area contributed by atoms with Crippen LogP contribution in [0.15, 0.2) is 88.1 Å². The van der Waals surface area contributed by atoms with Gasteiger partial charge in [-0.05, 0) is 64.5 Å². The first-order valence-electron chi connectivity index (χ1n) is 21.3. The predicted octanol–water partition coefficient (Wildman–Crippen LogP) is 14.5. The molecule has 1 heterocycles. The van der Waals surface area contributed by atoms with Crippen molar-refractivity contribution in [3.05, 3.63) is 112 Å². The van der Waals surface area contributed by atoms with Gasteiger partial charge in [0, 0.05) is 58.8 Å². The number of hydrogen-bond donors (Lipinski definition) is 3. The molecule has 11 nitrogen and oxygen atoms in total. The van der Waals surface area contributed by atoms with Gasteiger partial charge in [0.25, 0.3) is 0 Å². The van der Waals surface area contributed by atoms with E-state index in [9.17, 15) is 37.1 Å². The van der Waals surface area contributed by atoms with E-state index in [2.05, 4.69) is 107 Å². The van der Waals surface area contributed by atoms with E-state index in [1.54, 1.807) is 37.3 Å². The molecule has 4 aromatic rings. The normalized spacial score (nSPS) is 11.1. The summed E-state index contributed by atoms with van der Waals surface area (Å²) in [4.78, 5) is 51.3. The third kappa shape index (κ3) is 35.7. The minimum absolute atomic E-state index is 0.0278. The van der Waals surface area contributed by atoms with Crippen LogP contribution in [-0.4, -0.2) is 74.2 Å². The summed E-state index contributed by atoms with van der Waals surface area (Å²) in [6.45, 7) is 3.48. The molecule has 0 aliphatic rings. The van der Waals surface area contributed by atoms with Crippen molar-refractivity contribution < 1.29 is 61.6 Å². The maximum atomic E-state index is 12.1. The quantitative estimate of drug-likeness (QED) is 0.0192. The molecule has 1 unspecified atom stereocenters. The fraction of sp³-hybridized carbons (Fsp3) is 0.479. The molecule has 68 heavy (non-hydrogen) atoms. The highest BCUT2D eigenvalue weighted by Crippen LogP contribution is 2.39. The van der Waals surface area contributed by atoms with E-state index in [-0.39, 0.29) is 23.9 Å². The first kappa shape index (κ1) is 67.7. The summed E-state index contributed by atoms with van der Waals surface area (Å²) in [7, 11) is 1.39. The van der Waals surface area contributed by atoms with E-state index >= 15 is 0 Å². The summed E-state index contributed by atoms with van der Waals surface area (Å²) < 4.78 is 51.8. The van der Waals surface area contributed by atoms with Crippen LogP contribution in [0.4, 0.5) is 13.2 Å². The Labute approximate surface area is 452 Å². The molecule has 3 aromatic carbocycles. The van der Waals surface area contributed by atoms with Crippen LogP contribution >= 0.6 is 102 Å². The number of aliphatic carboxylic acids is 2. The van der Waals surface area contributed by atoms with Crippen LogP contribution in [0, 0.1) is 5.92 Å². The fourth-order valence-electron chi connectivity index (χ4n) is 5.01. The summed E-state index contributed by atoms with van der Waals surface area (Å²) in [5.74, 6) is -1.71. The first-order chi connectivity index (χ1) is 32.2. The number of unbranched alkanes of at least 4 members (excludes halogenated alkanes) is 7. The number of ether oxygens (including phenoxy) is 2. The standard InChI is InChI=1S/C12H9BrO4.C9H9BrO2.C8H6BrF3.C8H17BrO.C6H11IO2.C5H9BrO2/c1-7(14)16-9-2-3-10-8(6-13)4-12(15)17-11(10)5-9;10-6-8-3-1-7(2-4-8)5-9(11)12;9-7(8(10,11)12)6-4-2-1-3-5-6;9-7-5-3-1-2-4-6-8-10;7-5-3-1-2-4-6(8)9;1-4(3-6)5(7)8-2/h2-5H,6H2,1H3;1-4H,5-6H2,(H,11,12);1-5,7H;10H,1-8H2;1-5H2,(H,8,9);4H,3H2,1-2H3/t;;;;;4-/m.....0/s1. The lowest BCUT2D eigenvalue weighted by molar-refractivity contribution is -0.144.